The zero-order chi connectivity index (χ0) is 11.1. The van der Waals surface area contributed by atoms with Gasteiger partial charge in [0.1, 0.15) is 5.69 Å². The van der Waals surface area contributed by atoms with E-state index < -0.39 is 18.9 Å². The number of carbonyl (C=O) groups excluding carboxylic acids is 2. The van der Waals surface area contributed by atoms with Crippen molar-refractivity contribution < 1.29 is 23.8 Å². The number of hydrogen-bond donors (Lipinski definition) is 1. The Labute approximate surface area is 85.3 Å². The molecule has 82 valence electrons. The Morgan fingerprint density at radius 1 is 1.40 bits per heavy atom. The van der Waals surface area contributed by atoms with Crippen LogP contribution in [0.25, 0.3) is 0 Å². The number of H-pyrrole nitrogens is 1. The quantitative estimate of drug-likeness (QED) is 0.586. The smallest absolute Gasteiger partial charge is 0.435 e. The molecule has 0 bridgehead atoms. The summed E-state index contributed by atoms with van der Waals surface area (Å²) < 4.78 is 13.4. The van der Waals surface area contributed by atoms with Crippen molar-refractivity contribution in [2.45, 2.75) is 6.92 Å². The number of hydrogen-bond acceptors (Lipinski definition) is 6. The molecule has 15 heavy (non-hydrogen) atoms. The molecule has 0 aromatic carbocycles. The monoisotopic (exact) mass is 214 g/mol. The van der Waals surface area contributed by atoms with Gasteiger partial charge in [0.2, 0.25) is 6.79 Å². The van der Waals surface area contributed by atoms with Crippen molar-refractivity contribution in [2.24, 2.45) is 0 Å². The molecule has 0 aliphatic carbocycles. The minimum Gasteiger partial charge on any atom is -0.435 e. The summed E-state index contributed by atoms with van der Waals surface area (Å²) in [6.07, 6.45) is 1.75. The molecule has 7 nitrogen and oxygen atoms in total. The highest BCUT2D eigenvalue weighted by molar-refractivity contribution is 5.86. The second kappa shape index (κ2) is 5.63. The van der Waals surface area contributed by atoms with E-state index in [9.17, 15) is 9.59 Å². The van der Waals surface area contributed by atoms with E-state index in [1.54, 1.807) is 6.92 Å². The number of ether oxygens (including phenoxy) is 3. The summed E-state index contributed by atoms with van der Waals surface area (Å²) >= 11 is 0. The predicted octanol–water partition coefficient (Wildman–Crippen LogP) is 0.697. The zero-order valence-corrected chi connectivity index (χ0v) is 8.06. The Hall–Kier alpha value is -2.05. The van der Waals surface area contributed by atoms with Crippen molar-refractivity contribution in [1.82, 2.24) is 9.97 Å². The zero-order valence-electron chi connectivity index (χ0n) is 8.06. The Kier molecular flexibility index (Phi) is 4.14. The van der Waals surface area contributed by atoms with E-state index in [0.717, 1.165) is 0 Å². The summed E-state index contributed by atoms with van der Waals surface area (Å²) in [5.74, 6) is -0.656. The molecular formula is C8H10N2O5. The number of aromatic amines is 1. The third-order valence-electron chi connectivity index (χ3n) is 1.35. The normalized spacial score (nSPS) is 9.40. The molecule has 0 saturated carbocycles. The molecule has 1 aromatic heterocycles. The molecule has 0 radical (unpaired) electrons. The fourth-order valence-corrected chi connectivity index (χ4v) is 0.736. The van der Waals surface area contributed by atoms with Crippen LogP contribution in [0, 0.1) is 0 Å². The van der Waals surface area contributed by atoms with Crippen molar-refractivity contribution in [3.63, 3.8) is 0 Å². The molecular weight excluding hydrogens is 204 g/mol. The van der Waals surface area contributed by atoms with Crippen LogP contribution < -0.4 is 0 Å². The maximum Gasteiger partial charge on any atom is 0.511 e. The van der Waals surface area contributed by atoms with Crippen LogP contribution in [-0.4, -0.2) is 35.5 Å². The minimum atomic E-state index is -0.880. The van der Waals surface area contributed by atoms with Gasteiger partial charge in [-0.1, -0.05) is 0 Å². The minimum absolute atomic E-state index is 0.183. The molecule has 0 aliphatic rings. The van der Waals surface area contributed by atoms with E-state index in [-0.39, 0.29) is 12.3 Å². The number of aromatic nitrogens is 2. The lowest BCUT2D eigenvalue weighted by Crippen LogP contribution is -2.14. The lowest BCUT2D eigenvalue weighted by Gasteiger charge is -2.04. The van der Waals surface area contributed by atoms with Crippen molar-refractivity contribution >= 4 is 12.1 Å². The molecule has 0 unspecified atom stereocenters. The van der Waals surface area contributed by atoms with Crippen LogP contribution in [0.2, 0.25) is 0 Å². The first-order chi connectivity index (χ1) is 7.24. The number of carbonyl (C=O) groups is 2. The molecule has 0 saturated heterocycles. The molecule has 0 aliphatic heterocycles. The van der Waals surface area contributed by atoms with Crippen LogP contribution in [0.15, 0.2) is 12.5 Å². The SMILES string of the molecule is CCOC(=O)OCOC(=O)c1cnc[nH]1. The third-order valence-corrected chi connectivity index (χ3v) is 1.35. The second-order valence-corrected chi connectivity index (χ2v) is 2.34. The largest absolute Gasteiger partial charge is 0.511 e. The molecule has 0 fully saturated rings. The standard InChI is InChI=1S/C8H10N2O5/c1-2-13-8(12)15-5-14-7(11)6-3-9-4-10-6/h3-4H,2,5H2,1H3,(H,9,10). The summed E-state index contributed by atoms with van der Waals surface area (Å²) in [5, 5.41) is 0. The van der Waals surface area contributed by atoms with Gasteiger partial charge in [-0.05, 0) is 6.92 Å². The predicted molar refractivity (Wildman–Crippen MR) is 47.0 cm³/mol. The first-order valence-electron chi connectivity index (χ1n) is 4.19. The summed E-state index contributed by atoms with van der Waals surface area (Å²) in [5.41, 5.74) is 0.183. The van der Waals surface area contributed by atoms with E-state index >= 15 is 0 Å². The fraction of sp³-hybridized carbons (Fsp3) is 0.375. The molecule has 1 aromatic rings. The summed E-state index contributed by atoms with van der Waals surface area (Å²) in [4.78, 5) is 27.9. The number of nitrogens with one attached hydrogen (secondary N) is 1. The van der Waals surface area contributed by atoms with Crippen LogP contribution in [-0.2, 0) is 14.2 Å². The highest BCUT2D eigenvalue weighted by atomic mass is 16.8. The van der Waals surface area contributed by atoms with E-state index in [2.05, 4.69) is 24.2 Å². The average Bonchev–Trinajstić information content (AvgIpc) is 2.70. The van der Waals surface area contributed by atoms with Crippen LogP contribution in [0.3, 0.4) is 0 Å². The van der Waals surface area contributed by atoms with E-state index in [1.165, 1.54) is 12.5 Å². The van der Waals surface area contributed by atoms with Gasteiger partial charge in [-0.2, -0.15) is 0 Å². The van der Waals surface area contributed by atoms with E-state index in [0.29, 0.717) is 0 Å². The van der Waals surface area contributed by atoms with Gasteiger partial charge in [0, 0.05) is 0 Å². The molecule has 1 N–H and O–H groups in total. The van der Waals surface area contributed by atoms with Gasteiger partial charge < -0.3 is 19.2 Å². The van der Waals surface area contributed by atoms with Crippen LogP contribution in [0.5, 0.6) is 0 Å². The van der Waals surface area contributed by atoms with Crippen LogP contribution >= 0.6 is 0 Å². The van der Waals surface area contributed by atoms with Crippen molar-refractivity contribution in [3.8, 4) is 0 Å². The van der Waals surface area contributed by atoms with Gasteiger partial charge in [-0.15, -0.1) is 0 Å². The maximum absolute atomic E-state index is 11.1. The lowest BCUT2D eigenvalue weighted by molar-refractivity contribution is -0.0265. The molecule has 1 rings (SSSR count). The average molecular weight is 214 g/mol. The van der Waals surface area contributed by atoms with Gasteiger partial charge in [-0.25, -0.2) is 14.6 Å². The second-order valence-electron chi connectivity index (χ2n) is 2.34. The summed E-state index contributed by atoms with van der Waals surface area (Å²) in [6, 6.07) is 0. The van der Waals surface area contributed by atoms with Crippen molar-refractivity contribution in [3.05, 3.63) is 18.2 Å². The molecule has 0 amide bonds. The van der Waals surface area contributed by atoms with Gasteiger partial charge >= 0.3 is 12.1 Å². The third kappa shape index (κ3) is 3.67. The molecule has 0 spiro atoms. The highest BCUT2D eigenvalue weighted by Crippen LogP contribution is 1.95. The molecule has 0 atom stereocenters. The number of imidazole rings is 1. The van der Waals surface area contributed by atoms with Gasteiger partial charge in [0.25, 0.3) is 0 Å². The van der Waals surface area contributed by atoms with Gasteiger partial charge in [0.15, 0.2) is 0 Å². The Morgan fingerprint density at radius 3 is 2.80 bits per heavy atom. The van der Waals surface area contributed by atoms with Crippen molar-refractivity contribution in [2.75, 3.05) is 13.4 Å². The topological polar surface area (TPSA) is 90.5 Å². The summed E-state index contributed by atoms with van der Waals surface area (Å²) in [6.45, 7) is 1.35. The fourth-order valence-electron chi connectivity index (χ4n) is 0.736. The van der Waals surface area contributed by atoms with Crippen molar-refractivity contribution in [1.29, 1.82) is 0 Å². The number of esters is 1. The first-order valence-corrected chi connectivity index (χ1v) is 4.19. The van der Waals surface area contributed by atoms with Crippen LogP contribution in [0.1, 0.15) is 17.4 Å². The van der Waals surface area contributed by atoms with Crippen LogP contribution in [0.4, 0.5) is 4.79 Å². The maximum atomic E-state index is 11.1. The molecule has 7 heteroatoms. The lowest BCUT2D eigenvalue weighted by atomic mass is 10.5. The molecule has 1 heterocycles. The van der Waals surface area contributed by atoms with Gasteiger partial charge in [0.05, 0.1) is 19.1 Å². The Balaban J connectivity index is 2.21. The highest BCUT2D eigenvalue weighted by Gasteiger charge is 2.09. The Morgan fingerprint density at radius 2 is 2.20 bits per heavy atom. The van der Waals surface area contributed by atoms with E-state index in [4.69, 9.17) is 0 Å². The number of nitrogens with zero attached hydrogens (tertiary/aromatic N) is 1. The first kappa shape index (κ1) is 11.0. The summed E-state index contributed by atoms with van der Waals surface area (Å²) in [7, 11) is 0. The Bertz CT molecular complexity index is 322. The van der Waals surface area contributed by atoms with Gasteiger partial charge in [-0.3, -0.25) is 0 Å². The van der Waals surface area contributed by atoms with E-state index in [1.807, 2.05) is 0 Å². The number of rotatable bonds is 4.